The number of hydrogen-bond donors (Lipinski definition) is 0. The van der Waals surface area contributed by atoms with Gasteiger partial charge in [0.05, 0.1) is 5.69 Å². The lowest BCUT2D eigenvalue weighted by molar-refractivity contribution is 0.435. The van der Waals surface area contributed by atoms with Gasteiger partial charge in [-0.05, 0) is 53.9 Å². The van der Waals surface area contributed by atoms with E-state index in [4.69, 9.17) is 0 Å². The third kappa shape index (κ3) is 1.01. The third-order valence-corrected chi connectivity index (χ3v) is 4.38. The summed E-state index contributed by atoms with van der Waals surface area (Å²) in [5.41, 5.74) is 6.01. The van der Waals surface area contributed by atoms with Crippen LogP contribution >= 0.6 is 0 Å². The Labute approximate surface area is 90.2 Å². The number of benzene rings is 1. The molecule has 2 bridgehead atoms. The van der Waals surface area contributed by atoms with E-state index >= 15 is 0 Å². The standard InChI is InChI=1S/C14H15N/c1-2-9-6-10(3-1)13-8-14-11(4-5-15-14)7-12(9)13/h5,7-10H,1-4,6H2. The average molecular weight is 197 g/mol. The largest absolute Gasteiger partial charge is 0.261 e. The highest BCUT2D eigenvalue weighted by atomic mass is 14.7. The van der Waals surface area contributed by atoms with Crippen molar-refractivity contribution >= 4 is 11.9 Å². The second kappa shape index (κ2) is 2.72. The predicted octanol–water partition coefficient (Wildman–Crippen LogP) is 3.70. The van der Waals surface area contributed by atoms with Crippen LogP contribution in [0.1, 0.15) is 54.2 Å². The Kier molecular flexibility index (Phi) is 1.47. The fourth-order valence-corrected chi connectivity index (χ4v) is 3.66. The van der Waals surface area contributed by atoms with Crippen LogP contribution in [-0.2, 0) is 6.42 Å². The fourth-order valence-electron chi connectivity index (χ4n) is 3.66. The minimum atomic E-state index is 0.861. The fraction of sp³-hybridized carbons (Fsp3) is 0.500. The Balaban J connectivity index is 1.93. The molecule has 2 atom stereocenters. The Morgan fingerprint density at radius 1 is 1.07 bits per heavy atom. The molecule has 2 aliphatic carbocycles. The molecule has 0 saturated heterocycles. The van der Waals surface area contributed by atoms with E-state index in [-0.39, 0.29) is 0 Å². The van der Waals surface area contributed by atoms with Crippen molar-refractivity contribution in [3.63, 3.8) is 0 Å². The lowest BCUT2D eigenvalue weighted by Crippen LogP contribution is -2.01. The van der Waals surface area contributed by atoms with Crippen molar-refractivity contribution in [1.29, 1.82) is 0 Å². The zero-order chi connectivity index (χ0) is 9.83. The first-order valence-electron chi connectivity index (χ1n) is 6.11. The molecule has 1 aromatic rings. The smallest absolute Gasteiger partial charge is 0.0664 e. The van der Waals surface area contributed by atoms with Gasteiger partial charge in [0, 0.05) is 12.6 Å². The summed E-state index contributed by atoms with van der Waals surface area (Å²) in [4.78, 5) is 4.47. The molecule has 1 heterocycles. The van der Waals surface area contributed by atoms with Gasteiger partial charge in [-0.2, -0.15) is 0 Å². The zero-order valence-electron chi connectivity index (χ0n) is 8.87. The van der Waals surface area contributed by atoms with Crippen molar-refractivity contribution in [3.8, 4) is 0 Å². The van der Waals surface area contributed by atoms with Gasteiger partial charge < -0.3 is 0 Å². The summed E-state index contributed by atoms with van der Waals surface area (Å²) in [7, 11) is 0. The summed E-state index contributed by atoms with van der Waals surface area (Å²) >= 11 is 0. The normalized spacial score (nSPS) is 30.4. The summed E-state index contributed by atoms with van der Waals surface area (Å²) in [5.74, 6) is 1.74. The number of rotatable bonds is 0. The molecule has 0 N–H and O–H groups in total. The molecule has 0 spiro atoms. The highest BCUT2D eigenvalue weighted by Crippen LogP contribution is 2.52. The Morgan fingerprint density at radius 2 is 1.87 bits per heavy atom. The molecule has 1 saturated carbocycles. The van der Waals surface area contributed by atoms with E-state index in [1.807, 2.05) is 0 Å². The first-order valence-corrected chi connectivity index (χ1v) is 6.11. The zero-order valence-corrected chi connectivity index (χ0v) is 8.87. The van der Waals surface area contributed by atoms with Gasteiger partial charge in [0.15, 0.2) is 0 Å². The van der Waals surface area contributed by atoms with E-state index in [2.05, 4.69) is 23.3 Å². The van der Waals surface area contributed by atoms with Crippen LogP contribution in [0, 0.1) is 0 Å². The molecule has 1 fully saturated rings. The van der Waals surface area contributed by atoms with Crippen LogP contribution in [0.15, 0.2) is 17.1 Å². The lowest BCUT2D eigenvalue weighted by atomic mass is 9.87. The Bertz CT molecular complexity index is 459. The van der Waals surface area contributed by atoms with Crippen LogP contribution in [0.5, 0.6) is 0 Å². The van der Waals surface area contributed by atoms with Crippen LogP contribution in [0.3, 0.4) is 0 Å². The molecule has 1 aromatic carbocycles. The average Bonchev–Trinajstić information content (AvgIpc) is 2.82. The van der Waals surface area contributed by atoms with Crippen LogP contribution in [0.4, 0.5) is 5.69 Å². The van der Waals surface area contributed by atoms with E-state index in [1.54, 1.807) is 11.1 Å². The second-order valence-corrected chi connectivity index (χ2v) is 5.19. The molecule has 1 nitrogen and oxygen atoms in total. The van der Waals surface area contributed by atoms with Gasteiger partial charge in [0.25, 0.3) is 0 Å². The van der Waals surface area contributed by atoms with Crippen molar-refractivity contribution in [3.05, 3.63) is 28.8 Å². The first kappa shape index (κ1) is 8.09. The lowest BCUT2D eigenvalue weighted by Gasteiger charge is -2.18. The van der Waals surface area contributed by atoms with E-state index in [9.17, 15) is 0 Å². The van der Waals surface area contributed by atoms with Crippen molar-refractivity contribution in [2.24, 2.45) is 4.99 Å². The van der Waals surface area contributed by atoms with Gasteiger partial charge >= 0.3 is 0 Å². The van der Waals surface area contributed by atoms with Gasteiger partial charge in [-0.15, -0.1) is 0 Å². The van der Waals surface area contributed by atoms with E-state index in [0.29, 0.717) is 0 Å². The molecule has 1 heteroatoms. The van der Waals surface area contributed by atoms with E-state index in [0.717, 1.165) is 18.3 Å². The molecule has 0 amide bonds. The van der Waals surface area contributed by atoms with Crippen molar-refractivity contribution in [2.75, 3.05) is 0 Å². The molecule has 3 aliphatic rings. The Hall–Kier alpha value is -1.11. The molecule has 76 valence electrons. The monoisotopic (exact) mass is 197 g/mol. The summed E-state index contributed by atoms with van der Waals surface area (Å²) in [6, 6.07) is 4.83. The molecule has 15 heavy (non-hydrogen) atoms. The van der Waals surface area contributed by atoms with Crippen molar-refractivity contribution in [1.82, 2.24) is 0 Å². The summed E-state index contributed by atoms with van der Waals surface area (Å²) in [5, 5.41) is 0. The van der Waals surface area contributed by atoms with Gasteiger partial charge in [0.1, 0.15) is 0 Å². The minimum Gasteiger partial charge on any atom is -0.261 e. The molecule has 1 aliphatic heterocycles. The number of aliphatic imine (C=N–C) groups is 1. The molecular formula is C14H15N. The van der Waals surface area contributed by atoms with E-state index in [1.165, 1.54) is 36.9 Å². The number of fused-ring (bicyclic) bond motifs is 6. The van der Waals surface area contributed by atoms with Crippen molar-refractivity contribution in [2.45, 2.75) is 43.9 Å². The molecule has 4 rings (SSSR count). The summed E-state index contributed by atoms with van der Waals surface area (Å²) in [6.45, 7) is 0. The van der Waals surface area contributed by atoms with Crippen molar-refractivity contribution < 1.29 is 0 Å². The number of nitrogens with zero attached hydrogens (tertiary/aromatic N) is 1. The van der Waals surface area contributed by atoms with Gasteiger partial charge in [0.2, 0.25) is 0 Å². The Morgan fingerprint density at radius 3 is 2.73 bits per heavy atom. The second-order valence-electron chi connectivity index (χ2n) is 5.19. The SMILES string of the molecule is C1=Nc2cc3c(cc2C1)C1CCCC3C1. The van der Waals surface area contributed by atoms with Crippen LogP contribution in [-0.4, -0.2) is 6.21 Å². The van der Waals surface area contributed by atoms with E-state index < -0.39 is 0 Å². The topological polar surface area (TPSA) is 12.4 Å². The third-order valence-electron chi connectivity index (χ3n) is 4.38. The minimum absolute atomic E-state index is 0.861. The quantitative estimate of drug-likeness (QED) is 0.601. The van der Waals surface area contributed by atoms with Gasteiger partial charge in [-0.3, -0.25) is 4.99 Å². The molecular weight excluding hydrogens is 182 g/mol. The maximum atomic E-state index is 4.47. The van der Waals surface area contributed by atoms with Crippen LogP contribution in [0.2, 0.25) is 0 Å². The molecule has 2 unspecified atom stereocenters. The molecule has 0 radical (unpaired) electrons. The van der Waals surface area contributed by atoms with Gasteiger partial charge in [-0.25, -0.2) is 0 Å². The van der Waals surface area contributed by atoms with Crippen LogP contribution < -0.4 is 0 Å². The highest BCUT2D eigenvalue weighted by molar-refractivity contribution is 5.77. The predicted molar refractivity (Wildman–Crippen MR) is 62.2 cm³/mol. The maximum absolute atomic E-state index is 4.47. The highest BCUT2D eigenvalue weighted by Gasteiger charge is 2.34. The summed E-state index contributed by atoms with van der Waals surface area (Å²) in [6.07, 6.45) is 8.78. The first-order chi connectivity index (χ1) is 7.42. The van der Waals surface area contributed by atoms with Gasteiger partial charge in [-0.1, -0.05) is 12.5 Å². The maximum Gasteiger partial charge on any atom is 0.0664 e. The number of hydrogen-bond acceptors (Lipinski definition) is 1. The van der Waals surface area contributed by atoms with Crippen LogP contribution in [0.25, 0.3) is 0 Å². The molecule has 0 aromatic heterocycles. The summed E-state index contributed by atoms with van der Waals surface area (Å²) < 4.78 is 0.